The van der Waals surface area contributed by atoms with Crippen LogP contribution >= 0.6 is 0 Å². The maximum absolute atomic E-state index is 12.1. The zero-order valence-electron chi connectivity index (χ0n) is 13.8. The van der Waals surface area contributed by atoms with Crippen LogP contribution < -0.4 is 0 Å². The third-order valence-electron chi connectivity index (χ3n) is 4.34. The number of amides is 1. The molecule has 1 saturated carbocycles. The molecule has 3 rings (SSSR count). The molecule has 0 N–H and O–H groups in total. The van der Waals surface area contributed by atoms with E-state index in [1.165, 1.54) is 0 Å². The smallest absolute Gasteiger partial charge is 0.410 e. The molecule has 1 aromatic rings. The van der Waals surface area contributed by atoms with Gasteiger partial charge in [0.2, 0.25) is 0 Å². The molecular weight excluding hydrogens is 294 g/mol. The Morgan fingerprint density at radius 1 is 1.13 bits per heavy atom. The van der Waals surface area contributed by atoms with Crippen molar-refractivity contribution in [2.24, 2.45) is 17.8 Å². The number of fused-ring (bicyclic) bond motifs is 1. The van der Waals surface area contributed by atoms with Crippen LogP contribution in [0.2, 0.25) is 0 Å². The standard InChI is InChI=1S/C18H23NO4/c1-18(2,3)23-16(20)15-13-9-19(10-14(13)15)17(21)22-11-12-7-5-4-6-8-12/h4-8,13-15H,9-11H2,1-3H3/t13-,14+,15?. The molecule has 1 heterocycles. The molecule has 124 valence electrons. The zero-order valence-corrected chi connectivity index (χ0v) is 13.8. The monoisotopic (exact) mass is 317 g/mol. The normalized spacial score (nSPS) is 25.7. The molecule has 2 aliphatic rings. The molecule has 1 amide bonds. The number of carbonyl (C=O) groups excluding carboxylic acids is 2. The molecule has 0 aromatic heterocycles. The van der Waals surface area contributed by atoms with Crippen LogP contribution in [-0.2, 0) is 20.9 Å². The molecule has 5 heteroatoms. The van der Waals surface area contributed by atoms with Gasteiger partial charge < -0.3 is 14.4 Å². The minimum Gasteiger partial charge on any atom is -0.460 e. The Bertz CT molecular complexity index is 581. The lowest BCUT2D eigenvalue weighted by atomic mass is 10.2. The van der Waals surface area contributed by atoms with Gasteiger partial charge in [0, 0.05) is 13.1 Å². The van der Waals surface area contributed by atoms with E-state index < -0.39 is 5.60 Å². The van der Waals surface area contributed by atoms with Crippen LogP contribution in [-0.4, -0.2) is 35.7 Å². The van der Waals surface area contributed by atoms with Gasteiger partial charge in [-0.15, -0.1) is 0 Å². The first-order chi connectivity index (χ1) is 10.8. The third-order valence-corrected chi connectivity index (χ3v) is 4.34. The average Bonchev–Trinajstić information content (AvgIpc) is 2.99. The van der Waals surface area contributed by atoms with Crippen LogP contribution in [0.25, 0.3) is 0 Å². The number of hydrogen-bond acceptors (Lipinski definition) is 4. The van der Waals surface area contributed by atoms with Crippen molar-refractivity contribution in [1.82, 2.24) is 4.90 Å². The van der Waals surface area contributed by atoms with Gasteiger partial charge in [0.1, 0.15) is 12.2 Å². The van der Waals surface area contributed by atoms with Gasteiger partial charge in [0.25, 0.3) is 0 Å². The number of ether oxygens (including phenoxy) is 2. The second-order valence-corrected chi connectivity index (χ2v) is 7.33. The lowest BCUT2D eigenvalue weighted by Crippen LogP contribution is -2.34. The van der Waals surface area contributed by atoms with Crippen LogP contribution in [0.15, 0.2) is 30.3 Å². The lowest BCUT2D eigenvalue weighted by molar-refractivity contribution is -0.157. The number of carbonyl (C=O) groups is 2. The van der Waals surface area contributed by atoms with Gasteiger partial charge in [-0.05, 0) is 38.2 Å². The Balaban J connectivity index is 1.44. The number of hydrogen-bond donors (Lipinski definition) is 0. The van der Waals surface area contributed by atoms with Crippen molar-refractivity contribution >= 4 is 12.1 Å². The lowest BCUT2D eigenvalue weighted by Gasteiger charge is -2.22. The first kappa shape index (κ1) is 15.8. The fraction of sp³-hybridized carbons (Fsp3) is 0.556. The van der Waals surface area contributed by atoms with E-state index >= 15 is 0 Å². The minimum atomic E-state index is -0.456. The quantitative estimate of drug-likeness (QED) is 0.804. The summed E-state index contributed by atoms with van der Waals surface area (Å²) >= 11 is 0. The fourth-order valence-corrected chi connectivity index (χ4v) is 3.21. The van der Waals surface area contributed by atoms with E-state index in [1.807, 2.05) is 51.1 Å². The van der Waals surface area contributed by atoms with E-state index in [9.17, 15) is 9.59 Å². The number of esters is 1. The summed E-state index contributed by atoms with van der Waals surface area (Å²) in [4.78, 5) is 25.8. The molecule has 0 spiro atoms. The summed E-state index contributed by atoms with van der Waals surface area (Å²) < 4.78 is 10.8. The maximum Gasteiger partial charge on any atom is 0.410 e. The topological polar surface area (TPSA) is 55.8 Å². The van der Waals surface area contributed by atoms with Crippen molar-refractivity contribution in [3.05, 3.63) is 35.9 Å². The molecule has 1 aliphatic heterocycles. The van der Waals surface area contributed by atoms with E-state index in [4.69, 9.17) is 9.47 Å². The third kappa shape index (κ3) is 3.66. The van der Waals surface area contributed by atoms with E-state index in [-0.39, 0.29) is 36.4 Å². The van der Waals surface area contributed by atoms with E-state index in [0.29, 0.717) is 13.1 Å². The molecule has 2 fully saturated rings. The Kier molecular flexibility index (Phi) is 4.04. The number of piperidine rings is 1. The van der Waals surface area contributed by atoms with Gasteiger partial charge in [-0.1, -0.05) is 30.3 Å². The summed E-state index contributed by atoms with van der Waals surface area (Å²) in [5, 5.41) is 0. The Morgan fingerprint density at radius 3 is 2.30 bits per heavy atom. The summed E-state index contributed by atoms with van der Waals surface area (Å²) in [6, 6.07) is 9.61. The summed E-state index contributed by atoms with van der Waals surface area (Å²) in [6.07, 6.45) is -0.302. The van der Waals surface area contributed by atoms with Gasteiger partial charge in [-0.3, -0.25) is 4.79 Å². The first-order valence-corrected chi connectivity index (χ1v) is 8.03. The highest BCUT2D eigenvalue weighted by atomic mass is 16.6. The van der Waals surface area contributed by atoms with E-state index in [0.717, 1.165) is 5.56 Å². The van der Waals surface area contributed by atoms with Crippen LogP contribution in [0.5, 0.6) is 0 Å². The summed E-state index contributed by atoms with van der Waals surface area (Å²) in [5.74, 6) is 0.278. The number of likely N-dealkylation sites (tertiary alicyclic amines) is 1. The van der Waals surface area contributed by atoms with Gasteiger partial charge >= 0.3 is 12.1 Å². The first-order valence-electron chi connectivity index (χ1n) is 8.03. The predicted octanol–water partition coefficient (Wildman–Crippen LogP) is 2.84. The number of nitrogens with zero attached hydrogens (tertiary/aromatic N) is 1. The predicted molar refractivity (Wildman–Crippen MR) is 84.5 cm³/mol. The van der Waals surface area contributed by atoms with Crippen molar-refractivity contribution < 1.29 is 19.1 Å². The van der Waals surface area contributed by atoms with Crippen molar-refractivity contribution in [2.75, 3.05) is 13.1 Å². The SMILES string of the molecule is CC(C)(C)OC(=O)C1[C@H]2CN(C(=O)OCc3ccccc3)C[C@@H]12. The van der Waals surface area contributed by atoms with Crippen LogP contribution in [0.4, 0.5) is 4.79 Å². The molecule has 1 unspecified atom stereocenters. The van der Waals surface area contributed by atoms with E-state index in [1.54, 1.807) is 4.90 Å². The Labute approximate surface area is 136 Å². The number of rotatable bonds is 3. The second kappa shape index (κ2) is 5.87. The minimum absolute atomic E-state index is 0.0487. The van der Waals surface area contributed by atoms with Gasteiger partial charge in [0.05, 0.1) is 5.92 Å². The van der Waals surface area contributed by atoms with Crippen molar-refractivity contribution in [2.45, 2.75) is 33.0 Å². The highest BCUT2D eigenvalue weighted by molar-refractivity contribution is 5.78. The largest absolute Gasteiger partial charge is 0.460 e. The molecule has 23 heavy (non-hydrogen) atoms. The zero-order chi connectivity index (χ0) is 16.6. The Hall–Kier alpha value is -2.04. The summed E-state index contributed by atoms with van der Waals surface area (Å²) in [5.41, 5.74) is 0.513. The molecule has 0 radical (unpaired) electrons. The number of benzene rings is 1. The van der Waals surface area contributed by atoms with Crippen LogP contribution in [0.1, 0.15) is 26.3 Å². The molecular formula is C18H23NO4. The van der Waals surface area contributed by atoms with Crippen LogP contribution in [0.3, 0.4) is 0 Å². The summed E-state index contributed by atoms with van der Waals surface area (Å²) in [7, 11) is 0. The van der Waals surface area contributed by atoms with Crippen molar-refractivity contribution in [3.8, 4) is 0 Å². The van der Waals surface area contributed by atoms with E-state index in [2.05, 4.69) is 0 Å². The molecule has 5 nitrogen and oxygen atoms in total. The fourth-order valence-electron chi connectivity index (χ4n) is 3.21. The highest BCUT2D eigenvalue weighted by Crippen LogP contribution is 2.52. The molecule has 1 saturated heterocycles. The molecule has 3 atom stereocenters. The molecule has 0 bridgehead atoms. The maximum atomic E-state index is 12.1. The molecule has 1 aromatic carbocycles. The van der Waals surface area contributed by atoms with Gasteiger partial charge in [-0.2, -0.15) is 0 Å². The Morgan fingerprint density at radius 2 is 1.74 bits per heavy atom. The van der Waals surface area contributed by atoms with Crippen molar-refractivity contribution in [1.29, 1.82) is 0 Å². The average molecular weight is 317 g/mol. The van der Waals surface area contributed by atoms with Gasteiger partial charge in [0.15, 0.2) is 0 Å². The highest BCUT2D eigenvalue weighted by Gasteiger charge is 2.61. The van der Waals surface area contributed by atoms with Gasteiger partial charge in [-0.25, -0.2) is 4.79 Å². The summed E-state index contributed by atoms with van der Waals surface area (Å²) in [6.45, 7) is 7.06. The van der Waals surface area contributed by atoms with Crippen LogP contribution in [0, 0.1) is 17.8 Å². The van der Waals surface area contributed by atoms with Crippen molar-refractivity contribution in [3.63, 3.8) is 0 Å². The molecule has 1 aliphatic carbocycles. The second-order valence-electron chi connectivity index (χ2n) is 7.33.